The molecule has 3 nitrogen and oxygen atoms in total. The van der Waals surface area contributed by atoms with Crippen molar-refractivity contribution < 1.29 is 5.11 Å². The zero-order valence-corrected chi connectivity index (χ0v) is 12.0. The molecule has 0 aliphatic carbocycles. The van der Waals surface area contributed by atoms with E-state index in [0.29, 0.717) is 0 Å². The fraction of sp³-hybridized carbons (Fsp3) is 0.471. The normalized spacial score (nSPS) is 24.7. The lowest BCUT2D eigenvalue weighted by Crippen LogP contribution is -2.29. The lowest BCUT2D eigenvalue weighted by Gasteiger charge is -2.27. The van der Waals surface area contributed by atoms with E-state index >= 15 is 0 Å². The summed E-state index contributed by atoms with van der Waals surface area (Å²) in [5.74, 6) is 0. The molecule has 2 heterocycles. The Morgan fingerprint density at radius 2 is 2.10 bits per heavy atom. The van der Waals surface area contributed by atoms with Crippen LogP contribution in [0.4, 0.5) is 0 Å². The number of rotatable bonds is 2. The van der Waals surface area contributed by atoms with E-state index in [0.717, 1.165) is 55.4 Å². The third-order valence-electron chi connectivity index (χ3n) is 4.48. The molecule has 2 aromatic rings. The zero-order valence-electron chi connectivity index (χ0n) is 12.0. The van der Waals surface area contributed by atoms with Crippen LogP contribution in [0, 0.1) is 0 Å². The lowest BCUT2D eigenvalue weighted by molar-refractivity contribution is 0.0212. The largest absolute Gasteiger partial charge is 0.385 e. The van der Waals surface area contributed by atoms with Crippen LogP contribution in [0.15, 0.2) is 36.5 Å². The lowest BCUT2D eigenvalue weighted by atomic mass is 9.87. The molecule has 0 saturated carbocycles. The number of fused-ring (bicyclic) bond motifs is 1. The molecule has 1 aliphatic rings. The van der Waals surface area contributed by atoms with Crippen molar-refractivity contribution in [3.63, 3.8) is 0 Å². The molecule has 1 aromatic heterocycles. The maximum atomic E-state index is 11.0. The summed E-state index contributed by atoms with van der Waals surface area (Å²) in [6.07, 6.45) is 4.51. The second kappa shape index (κ2) is 5.51. The first kappa shape index (κ1) is 13.5. The molecule has 0 amide bonds. The van der Waals surface area contributed by atoms with E-state index in [9.17, 15) is 5.11 Å². The summed E-state index contributed by atoms with van der Waals surface area (Å²) in [5.41, 5.74) is 1.24. The minimum atomic E-state index is -0.721. The molecule has 1 fully saturated rings. The quantitative estimate of drug-likeness (QED) is 0.911. The van der Waals surface area contributed by atoms with Gasteiger partial charge in [0.25, 0.3) is 0 Å². The van der Waals surface area contributed by atoms with Gasteiger partial charge in [-0.3, -0.25) is 4.98 Å². The molecular weight excluding hydrogens is 248 g/mol. The number of para-hydroxylation sites is 1. The van der Waals surface area contributed by atoms with E-state index in [-0.39, 0.29) is 0 Å². The number of hydrogen-bond acceptors (Lipinski definition) is 3. The van der Waals surface area contributed by atoms with Crippen molar-refractivity contribution >= 4 is 10.9 Å². The van der Waals surface area contributed by atoms with E-state index in [1.165, 1.54) is 0 Å². The summed E-state index contributed by atoms with van der Waals surface area (Å²) >= 11 is 0. The summed E-state index contributed by atoms with van der Waals surface area (Å²) in [7, 11) is 0. The van der Waals surface area contributed by atoms with Gasteiger partial charge in [0.05, 0.1) is 11.1 Å². The Hall–Kier alpha value is -1.45. The fourth-order valence-corrected chi connectivity index (χ4v) is 3.11. The summed E-state index contributed by atoms with van der Waals surface area (Å²) in [6, 6.07) is 10.2. The molecule has 3 rings (SSSR count). The Kier molecular flexibility index (Phi) is 3.72. The van der Waals surface area contributed by atoms with Gasteiger partial charge in [-0.1, -0.05) is 25.1 Å². The highest BCUT2D eigenvalue weighted by Crippen LogP contribution is 2.33. The van der Waals surface area contributed by atoms with Crippen molar-refractivity contribution in [1.29, 1.82) is 0 Å². The van der Waals surface area contributed by atoms with E-state index in [1.807, 2.05) is 24.4 Å². The molecule has 20 heavy (non-hydrogen) atoms. The molecule has 0 bridgehead atoms. The first-order valence-electron chi connectivity index (χ1n) is 7.51. The van der Waals surface area contributed by atoms with E-state index < -0.39 is 5.60 Å². The SMILES string of the molecule is CCN1CCCC(O)(c2cnc3ccccc3c2)CC1. The molecular formula is C17H22N2O. The smallest absolute Gasteiger partial charge is 0.0924 e. The van der Waals surface area contributed by atoms with Crippen molar-refractivity contribution in [3.8, 4) is 0 Å². The van der Waals surface area contributed by atoms with Crippen molar-refractivity contribution in [2.45, 2.75) is 31.8 Å². The van der Waals surface area contributed by atoms with Gasteiger partial charge in [0.15, 0.2) is 0 Å². The van der Waals surface area contributed by atoms with Gasteiger partial charge in [0.2, 0.25) is 0 Å². The number of aromatic nitrogens is 1. The zero-order chi connectivity index (χ0) is 14.0. The Morgan fingerprint density at radius 1 is 1.25 bits per heavy atom. The van der Waals surface area contributed by atoms with Gasteiger partial charge < -0.3 is 10.0 Å². The maximum absolute atomic E-state index is 11.0. The van der Waals surface area contributed by atoms with Crippen molar-refractivity contribution in [3.05, 3.63) is 42.1 Å². The van der Waals surface area contributed by atoms with Gasteiger partial charge in [-0.15, -0.1) is 0 Å². The average Bonchev–Trinajstić information content (AvgIpc) is 2.69. The molecule has 0 radical (unpaired) electrons. The summed E-state index contributed by atoms with van der Waals surface area (Å²) in [4.78, 5) is 6.91. The molecule has 106 valence electrons. The van der Waals surface area contributed by atoms with E-state index in [1.54, 1.807) is 0 Å². The number of benzene rings is 1. The van der Waals surface area contributed by atoms with Crippen LogP contribution in [0.25, 0.3) is 10.9 Å². The van der Waals surface area contributed by atoms with Gasteiger partial charge >= 0.3 is 0 Å². The van der Waals surface area contributed by atoms with Crippen LogP contribution in [0.5, 0.6) is 0 Å². The van der Waals surface area contributed by atoms with Crippen LogP contribution >= 0.6 is 0 Å². The van der Waals surface area contributed by atoms with Gasteiger partial charge in [0, 0.05) is 23.7 Å². The van der Waals surface area contributed by atoms with E-state index in [4.69, 9.17) is 0 Å². The van der Waals surface area contributed by atoms with Gasteiger partial charge in [-0.25, -0.2) is 0 Å². The molecule has 1 atom stereocenters. The van der Waals surface area contributed by atoms with Crippen molar-refractivity contribution in [2.24, 2.45) is 0 Å². The Labute approximate surface area is 120 Å². The molecule has 1 unspecified atom stereocenters. The Morgan fingerprint density at radius 3 is 2.95 bits per heavy atom. The van der Waals surface area contributed by atoms with Crippen molar-refractivity contribution in [1.82, 2.24) is 9.88 Å². The van der Waals surface area contributed by atoms with Crippen LogP contribution in [0.1, 0.15) is 31.7 Å². The second-order valence-corrected chi connectivity index (χ2v) is 5.74. The van der Waals surface area contributed by atoms with Gasteiger partial charge in [-0.05, 0) is 44.5 Å². The van der Waals surface area contributed by atoms with Crippen LogP contribution in [-0.2, 0) is 5.60 Å². The molecule has 3 heteroatoms. The van der Waals surface area contributed by atoms with Crippen LogP contribution in [-0.4, -0.2) is 34.6 Å². The highest BCUT2D eigenvalue weighted by molar-refractivity contribution is 5.78. The Bertz CT molecular complexity index is 598. The highest BCUT2D eigenvalue weighted by Gasteiger charge is 2.32. The van der Waals surface area contributed by atoms with Crippen LogP contribution < -0.4 is 0 Å². The monoisotopic (exact) mass is 270 g/mol. The predicted octanol–water partition coefficient (Wildman–Crippen LogP) is 2.93. The Balaban J connectivity index is 1.92. The molecule has 1 N–H and O–H groups in total. The second-order valence-electron chi connectivity index (χ2n) is 5.74. The predicted molar refractivity (Wildman–Crippen MR) is 81.6 cm³/mol. The van der Waals surface area contributed by atoms with E-state index in [2.05, 4.69) is 28.9 Å². The van der Waals surface area contributed by atoms with Crippen LogP contribution in [0.2, 0.25) is 0 Å². The standard InChI is InChI=1S/C17H22N2O/c1-2-19-10-5-8-17(20,9-11-19)15-12-14-6-3-4-7-16(14)18-13-15/h3-4,6-7,12-13,20H,2,5,8-11H2,1H3. The highest BCUT2D eigenvalue weighted by atomic mass is 16.3. The number of hydrogen-bond donors (Lipinski definition) is 1. The third-order valence-corrected chi connectivity index (χ3v) is 4.48. The molecule has 0 spiro atoms. The molecule has 1 aliphatic heterocycles. The summed E-state index contributed by atoms with van der Waals surface area (Å²) in [5, 5.41) is 12.1. The molecule has 1 saturated heterocycles. The maximum Gasteiger partial charge on any atom is 0.0924 e. The van der Waals surface area contributed by atoms with Crippen LogP contribution in [0.3, 0.4) is 0 Å². The first-order valence-corrected chi connectivity index (χ1v) is 7.51. The number of pyridine rings is 1. The fourth-order valence-electron chi connectivity index (χ4n) is 3.11. The number of aliphatic hydroxyl groups is 1. The van der Waals surface area contributed by atoms with Gasteiger partial charge in [0.1, 0.15) is 0 Å². The minimum absolute atomic E-state index is 0.721. The average molecular weight is 270 g/mol. The topological polar surface area (TPSA) is 36.4 Å². The molecule has 1 aromatic carbocycles. The summed E-state index contributed by atoms with van der Waals surface area (Å²) < 4.78 is 0. The number of nitrogens with zero attached hydrogens (tertiary/aromatic N) is 2. The van der Waals surface area contributed by atoms with Gasteiger partial charge in [-0.2, -0.15) is 0 Å². The minimum Gasteiger partial charge on any atom is -0.385 e. The third kappa shape index (κ3) is 2.56. The number of likely N-dealkylation sites (tertiary alicyclic amines) is 1. The van der Waals surface area contributed by atoms with Crippen molar-refractivity contribution in [2.75, 3.05) is 19.6 Å². The summed E-state index contributed by atoms with van der Waals surface area (Å²) in [6.45, 7) is 5.29. The first-order chi connectivity index (χ1) is 9.71.